The molecule has 0 aliphatic heterocycles. The number of carbonyl (C=O) groups is 2. The van der Waals surface area contributed by atoms with E-state index < -0.39 is 5.97 Å². The van der Waals surface area contributed by atoms with E-state index in [-0.39, 0.29) is 12.1 Å². The molecule has 5 nitrogen and oxygen atoms in total. The SMILES string of the molecule is CCCCNC(=O)Nc1sc(C)c(C)c1C(=O)OC(C)C. The normalized spacial score (nSPS) is 10.6. The highest BCUT2D eigenvalue weighted by molar-refractivity contribution is 7.16. The second-order valence-electron chi connectivity index (χ2n) is 5.18. The van der Waals surface area contributed by atoms with Gasteiger partial charge in [-0.25, -0.2) is 9.59 Å². The predicted octanol–water partition coefficient (Wildman–Crippen LogP) is 3.85. The first-order valence-electron chi connectivity index (χ1n) is 7.22. The van der Waals surface area contributed by atoms with Crippen molar-refractivity contribution in [2.45, 2.75) is 53.6 Å². The predicted molar refractivity (Wildman–Crippen MR) is 86.3 cm³/mol. The lowest BCUT2D eigenvalue weighted by Crippen LogP contribution is -2.29. The number of amides is 2. The molecule has 1 aromatic rings. The van der Waals surface area contributed by atoms with Gasteiger partial charge in [-0.05, 0) is 39.7 Å². The van der Waals surface area contributed by atoms with Crippen molar-refractivity contribution in [2.75, 3.05) is 11.9 Å². The molecule has 0 spiro atoms. The second kappa shape index (κ2) is 8.02. The smallest absolute Gasteiger partial charge is 0.341 e. The van der Waals surface area contributed by atoms with Crippen LogP contribution in [0.4, 0.5) is 9.80 Å². The summed E-state index contributed by atoms with van der Waals surface area (Å²) in [6.45, 7) is 10.1. The summed E-state index contributed by atoms with van der Waals surface area (Å²) in [6, 6.07) is -0.289. The molecule has 0 bridgehead atoms. The third kappa shape index (κ3) is 5.04. The maximum Gasteiger partial charge on any atom is 0.341 e. The maximum absolute atomic E-state index is 12.2. The van der Waals surface area contributed by atoms with Crippen LogP contribution in [0, 0.1) is 13.8 Å². The first-order valence-corrected chi connectivity index (χ1v) is 8.04. The number of thiophene rings is 1. The van der Waals surface area contributed by atoms with Crippen molar-refractivity contribution in [3.63, 3.8) is 0 Å². The van der Waals surface area contributed by atoms with E-state index in [0.717, 1.165) is 23.3 Å². The molecule has 0 atom stereocenters. The molecule has 1 rings (SSSR count). The van der Waals surface area contributed by atoms with E-state index >= 15 is 0 Å². The molecule has 0 aliphatic rings. The van der Waals surface area contributed by atoms with E-state index in [0.29, 0.717) is 17.1 Å². The van der Waals surface area contributed by atoms with E-state index in [1.165, 1.54) is 11.3 Å². The lowest BCUT2D eigenvalue weighted by atomic mass is 10.1. The number of hydrogen-bond donors (Lipinski definition) is 2. The molecule has 118 valence electrons. The van der Waals surface area contributed by atoms with E-state index in [9.17, 15) is 9.59 Å². The highest BCUT2D eigenvalue weighted by Crippen LogP contribution is 2.33. The van der Waals surface area contributed by atoms with Gasteiger partial charge in [0.15, 0.2) is 0 Å². The molecule has 0 unspecified atom stereocenters. The van der Waals surface area contributed by atoms with Crippen molar-refractivity contribution in [2.24, 2.45) is 0 Å². The number of urea groups is 1. The minimum Gasteiger partial charge on any atom is -0.459 e. The summed E-state index contributed by atoms with van der Waals surface area (Å²) in [4.78, 5) is 25.0. The van der Waals surface area contributed by atoms with Crippen LogP contribution in [0.15, 0.2) is 0 Å². The first-order chi connectivity index (χ1) is 9.86. The fraction of sp³-hybridized carbons (Fsp3) is 0.600. The monoisotopic (exact) mass is 312 g/mol. The van der Waals surface area contributed by atoms with Crippen molar-refractivity contribution in [3.8, 4) is 0 Å². The lowest BCUT2D eigenvalue weighted by molar-refractivity contribution is 0.0379. The Morgan fingerprint density at radius 1 is 1.29 bits per heavy atom. The number of hydrogen-bond acceptors (Lipinski definition) is 4. The highest BCUT2D eigenvalue weighted by Gasteiger charge is 2.22. The minimum absolute atomic E-state index is 0.191. The summed E-state index contributed by atoms with van der Waals surface area (Å²) in [7, 11) is 0. The van der Waals surface area contributed by atoms with Gasteiger partial charge >= 0.3 is 12.0 Å². The van der Waals surface area contributed by atoms with Crippen LogP contribution in [-0.2, 0) is 4.74 Å². The summed E-state index contributed by atoms with van der Waals surface area (Å²) in [5.41, 5.74) is 1.31. The number of carbonyl (C=O) groups excluding carboxylic acids is 2. The van der Waals surface area contributed by atoms with Crippen LogP contribution in [0.1, 0.15) is 54.4 Å². The summed E-state index contributed by atoms with van der Waals surface area (Å²) >= 11 is 1.39. The van der Waals surface area contributed by atoms with E-state index in [1.807, 2.05) is 13.8 Å². The minimum atomic E-state index is -0.393. The topological polar surface area (TPSA) is 67.4 Å². The molecular formula is C15H24N2O3S. The van der Waals surface area contributed by atoms with Crippen molar-refractivity contribution >= 4 is 28.3 Å². The van der Waals surface area contributed by atoms with Gasteiger partial charge in [-0.3, -0.25) is 5.32 Å². The zero-order valence-corrected chi connectivity index (χ0v) is 14.1. The summed E-state index contributed by atoms with van der Waals surface area (Å²) in [5.74, 6) is -0.393. The number of esters is 1. The largest absolute Gasteiger partial charge is 0.459 e. The molecule has 2 N–H and O–H groups in total. The van der Waals surface area contributed by atoms with Crippen molar-refractivity contribution in [1.29, 1.82) is 0 Å². The number of anilines is 1. The Balaban J connectivity index is 2.85. The third-order valence-electron chi connectivity index (χ3n) is 2.98. The fourth-order valence-electron chi connectivity index (χ4n) is 1.76. The number of aryl methyl sites for hydroxylation is 1. The second-order valence-corrected chi connectivity index (χ2v) is 6.40. The van der Waals surface area contributed by atoms with Crippen LogP contribution < -0.4 is 10.6 Å². The van der Waals surface area contributed by atoms with Gasteiger partial charge in [-0.2, -0.15) is 0 Å². The molecule has 0 fully saturated rings. The van der Waals surface area contributed by atoms with Gasteiger partial charge in [0.05, 0.1) is 11.7 Å². The highest BCUT2D eigenvalue weighted by atomic mass is 32.1. The van der Waals surface area contributed by atoms with E-state index in [4.69, 9.17) is 4.74 Å². The number of unbranched alkanes of at least 4 members (excludes halogenated alkanes) is 1. The molecule has 1 aromatic heterocycles. The van der Waals surface area contributed by atoms with Crippen LogP contribution in [-0.4, -0.2) is 24.6 Å². The van der Waals surface area contributed by atoms with Gasteiger partial charge < -0.3 is 10.1 Å². The van der Waals surface area contributed by atoms with Crippen LogP contribution in [0.2, 0.25) is 0 Å². The quantitative estimate of drug-likeness (QED) is 0.619. The molecular weight excluding hydrogens is 288 g/mol. The Morgan fingerprint density at radius 3 is 2.52 bits per heavy atom. The Hall–Kier alpha value is -1.56. The molecule has 0 saturated carbocycles. The first kappa shape index (κ1) is 17.5. The summed E-state index contributed by atoms with van der Waals surface area (Å²) < 4.78 is 5.25. The molecule has 0 saturated heterocycles. The zero-order chi connectivity index (χ0) is 16.0. The van der Waals surface area contributed by atoms with Gasteiger partial charge in [-0.15, -0.1) is 11.3 Å². The number of ether oxygens (including phenoxy) is 1. The van der Waals surface area contributed by atoms with Gasteiger partial charge in [0.2, 0.25) is 0 Å². The molecule has 21 heavy (non-hydrogen) atoms. The Bertz CT molecular complexity index is 509. The molecule has 1 heterocycles. The molecule has 2 amide bonds. The molecule has 0 radical (unpaired) electrons. The Labute approximate surface area is 130 Å². The molecule has 0 aliphatic carbocycles. The Morgan fingerprint density at radius 2 is 1.95 bits per heavy atom. The fourth-order valence-corrected chi connectivity index (χ4v) is 2.80. The maximum atomic E-state index is 12.2. The van der Waals surface area contributed by atoms with Gasteiger partial charge in [0.1, 0.15) is 5.00 Å². The Kier molecular flexibility index (Phi) is 6.68. The lowest BCUT2D eigenvalue weighted by Gasteiger charge is -2.11. The van der Waals surface area contributed by atoms with Gasteiger partial charge in [-0.1, -0.05) is 13.3 Å². The average Bonchev–Trinajstić information content (AvgIpc) is 2.64. The van der Waals surface area contributed by atoms with Gasteiger partial charge in [0.25, 0.3) is 0 Å². The van der Waals surface area contributed by atoms with Crippen LogP contribution in [0.3, 0.4) is 0 Å². The van der Waals surface area contributed by atoms with E-state index in [2.05, 4.69) is 17.6 Å². The van der Waals surface area contributed by atoms with Crippen molar-refractivity contribution < 1.29 is 14.3 Å². The summed E-state index contributed by atoms with van der Waals surface area (Å²) in [5, 5.41) is 6.07. The van der Waals surface area contributed by atoms with Crippen LogP contribution in [0.25, 0.3) is 0 Å². The number of nitrogens with one attached hydrogen (secondary N) is 2. The summed E-state index contributed by atoms with van der Waals surface area (Å²) in [6.07, 6.45) is 1.75. The van der Waals surface area contributed by atoms with Crippen molar-refractivity contribution in [1.82, 2.24) is 5.32 Å². The third-order valence-corrected chi connectivity index (χ3v) is 4.10. The van der Waals surface area contributed by atoms with Crippen LogP contribution >= 0.6 is 11.3 Å². The van der Waals surface area contributed by atoms with Gasteiger partial charge in [0, 0.05) is 11.4 Å². The van der Waals surface area contributed by atoms with Crippen LogP contribution in [0.5, 0.6) is 0 Å². The van der Waals surface area contributed by atoms with E-state index in [1.54, 1.807) is 13.8 Å². The zero-order valence-electron chi connectivity index (χ0n) is 13.3. The molecule has 0 aromatic carbocycles. The molecule has 6 heteroatoms. The van der Waals surface area contributed by atoms with Crippen molar-refractivity contribution in [3.05, 3.63) is 16.0 Å². The standard InChI is InChI=1S/C15H24N2O3S/c1-6-7-8-16-15(19)17-13-12(10(4)11(5)21-13)14(18)20-9(2)3/h9H,6-8H2,1-5H3,(H2,16,17,19). The average molecular weight is 312 g/mol. The number of rotatable bonds is 6.